The number of sulfonamides is 1. The molecule has 0 unspecified atom stereocenters. The van der Waals surface area contributed by atoms with Crippen LogP contribution in [0.2, 0.25) is 0 Å². The van der Waals surface area contributed by atoms with E-state index in [-0.39, 0.29) is 5.75 Å². The molecule has 148 valence electrons. The summed E-state index contributed by atoms with van der Waals surface area (Å²) < 4.78 is 28.4. The third kappa shape index (κ3) is 5.21. The van der Waals surface area contributed by atoms with Crippen molar-refractivity contribution in [2.75, 3.05) is 24.7 Å². The van der Waals surface area contributed by atoms with Gasteiger partial charge in [-0.3, -0.25) is 0 Å². The highest BCUT2D eigenvalue weighted by Gasteiger charge is 2.16. The average molecular weight is 400 g/mol. The van der Waals surface area contributed by atoms with E-state index in [2.05, 4.69) is 0 Å². The van der Waals surface area contributed by atoms with Crippen LogP contribution in [0.5, 0.6) is 0 Å². The van der Waals surface area contributed by atoms with Crippen molar-refractivity contribution in [2.45, 2.75) is 19.3 Å². The van der Waals surface area contributed by atoms with E-state index in [0.29, 0.717) is 25.2 Å². The lowest BCUT2D eigenvalue weighted by Gasteiger charge is -2.12. The smallest absolute Gasteiger partial charge is 0.227 e. The van der Waals surface area contributed by atoms with Gasteiger partial charge in [-0.05, 0) is 55.7 Å². The Labute approximate surface area is 166 Å². The average Bonchev–Trinajstić information content (AvgIpc) is 3.09. The van der Waals surface area contributed by atoms with Crippen LogP contribution in [0.3, 0.4) is 0 Å². The zero-order valence-corrected chi connectivity index (χ0v) is 16.9. The van der Waals surface area contributed by atoms with E-state index in [0.717, 1.165) is 28.3 Å². The van der Waals surface area contributed by atoms with Crippen molar-refractivity contribution in [3.8, 4) is 22.8 Å². The van der Waals surface area contributed by atoms with E-state index in [9.17, 15) is 8.42 Å². The molecule has 3 rings (SSSR count). The fourth-order valence-electron chi connectivity index (χ4n) is 2.96. The minimum Gasteiger partial charge on any atom is -0.436 e. The first-order valence-electron chi connectivity index (χ1n) is 9.17. The van der Waals surface area contributed by atoms with Gasteiger partial charge in [-0.15, -0.1) is 0 Å². The summed E-state index contributed by atoms with van der Waals surface area (Å²) in [5.41, 5.74) is 3.78. The van der Waals surface area contributed by atoms with Crippen LogP contribution in [0.25, 0.3) is 22.8 Å². The lowest BCUT2D eigenvalue weighted by Crippen LogP contribution is -2.16. The number of hydrogen-bond acceptors (Lipinski definition) is 5. The Morgan fingerprint density at radius 1 is 0.964 bits per heavy atom. The Balaban J connectivity index is 1.88. The van der Waals surface area contributed by atoms with E-state index in [4.69, 9.17) is 14.5 Å². The highest BCUT2D eigenvalue weighted by molar-refractivity contribution is 7.89. The summed E-state index contributed by atoms with van der Waals surface area (Å²) in [5.74, 6) is 1.26. The molecule has 0 spiro atoms. The molecule has 2 aromatic carbocycles. The summed E-state index contributed by atoms with van der Waals surface area (Å²) in [4.78, 5) is 6.73. The van der Waals surface area contributed by atoms with Gasteiger partial charge in [0.15, 0.2) is 5.76 Å². The topological polar surface area (TPSA) is 89.4 Å². The third-order valence-electron chi connectivity index (χ3n) is 4.46. The molecule has 1 aromatic heterocycles. The Kier molecular flexibility index (Phi) is 6.16. The molecule has 0 aliphatic rings. The molecule has 0 saturated carbocycles. The number of nitrogens with two attached hydrogens (primary N) is 1. The van der Waals surface area contributed by atoms with Crippen LogP contribution < -0.4 is 10.0 Å². The Morgan fingerprint density at radius 2 is 1.64 bits per heavy atom. The van der Waals surface area contributed by atoms with E-state index in [1.165, 1.54) is 0 Å². The molecule has 0 aliphatic heterocycles. The zero-order valence-electron chi connectivity index (χ0n) is 16.1. The van der Waals surface area contributed by atoms with Crippen LogP contribution in [-0.2, 0) is 16.4 Å². The van der Waals surface area contributed by atoms with Crippen molar-refractivity contribution in [3.05, 3.63) is 60.3 Å². The number of aromatic nitrogens is 1. The number of hydrogen-bond donors (Lipinski definition) is 1. The standard InChI is InChI=1S/C21H25N3O3S/c1-24(2)18-13-11-16(12-14-18)20-19(10-6-7-15-28(22,25)26)23-21(27-20)17-8-4-3-5-9-17/h3-5,8-9,11-14H,6-7,10,15H2,1-2H3,(H2,22,25,26). The number of benzene rings is 2. The summed E-state index contributed by atoms with van der Waals surface area (Å²) in [6.07, 6.45) is 1.78. The van der Waals surface area contributed by atoms with Crippen LogP contribution >= 0.6 is 0 Å². The zero-order chi connectivity index (χ0) is 20.1. The van der Waals surface area contributed by atoms with Gasteiger partial charge >= 0.3 is 0 Å². The molecule has 28 heavy (non-hydrogen) atoms. The van der Waals surface area contributed by atoms with Gasteiger partial charge in [-0.2, -0.15) is 0 Å². The predicted molar refractivity (Wildman–Crippen MR) is 113 cm³/mol. The second kappa shape index (κ2) is 8.58. The number of nitrogens with zero attached hydrogens (tertiary/aromatic N) is 2. The van der Waals surface area contributed by atoms with Gasteiger partial charge < -0.3 is 9.32 Å². The van der Waals surface area contributed by atoms with E-state index in [1.807, 2.05) is 73.6 Å². The molecule has 3 aromatic rings. The molecule has 2 N–H and O–H groups in total. The first-order chi connectivity index (χ1) is 13.3. The Morgan fingerprint density at radius 3 is 2.25 bits per heavy atom. The molecule has 0 saturated heterocycles. The predicted octanol–water partition coefficient (Wildman–Crippen LogP) is 3.69. The van der Waals surface area contributed by atoms with Crippen molar-refractivity contribution >= 4 is 15.7 Å². The maximum absolute atomic E-state index is 11.1. The molecule has 7 heteroatoms. The van der Waals surface area contributed by atoms with Crippen molar-refractivity contribution in [1.29, 1.82) is 0 Å². The molecule has 1 heterocycles. The number of anilines is 1. The minimum atomic E-state index is -3.44. The fourth-order valence-corrected chi connectivity index (χ4v) is 3.56. The van der Waals surface area contributed by atoms with Crippen molar-refractivity contribution in [3.63, 3.8) is 0 Å². The molecule has 0 fully saturated rings. The van der Waals surface area contributed by atoms with E-state index in [1.54, 1.807) is 0 Å². The maximum Gasteiger partial charge on any atom is 0.227 e. The van der Waals surface area contributed by atoms with E-state index >= 15 is 0 Å². The summed E-state index contributed by atoms with van der Waals surface area (Å²) in [5, 5.41) is 5.09. The van der Waals surface area contributed by atoms with E-state index < -0.39 is 10.0 Å². The molecular weight excluding hydrogens is 374 g/mol. The molecule has 0 radical (unpaired) electrons. The van der Waals surface area contributed by atoms with Crippen LogP contribution in [-0.4, -0.2) is 33.2 Å². The number of rotatable bonds is 8. The summed E-state index contributed by atoms with van der Waals surface area (Å²) in [7, 11) is 0.548. The largest absolute Gasteiger partial charge is 0.436 e. The number of unbranched alkanes of at least 4 members (excludes halogenated alkanes) is 1. The second-order valence-electron chi connectivity index (χ2n) is 6.93. The molecular formula is C21H25N3O3S. The quantitative estimate of drug-likeness (QED) is 0.584. The SMILES string of the molecule is CN(C)c1ccc(-c2oc(-c3ccccc3)nc2CCCCS(N)(=O)=O)cc1. The summed E-state index contributed by atoms with van der Waals surface area (Å²) in [6.45, 7) is 0. The van der Waals surface area contributed by atoms with Gasteiger partial charge in [0, 0.05) is 30.9 Å². The van der Waals surface area contributed by atoms with Gasteiger partial charge in [0.25, 0.3) is 0 Å². The van der Waals surface area contributed by atoms with Gasteiger partial charge in [-0.25, -0.2) is 18.5 Å². The monoisotopic (exact) mass is 399 g/mol. The molecule has 0 amide bonds. The fraction of sp³-hybridized carbons (Fsp3) is 0.286. The molecule has 0 atom stereocenters. The van der Waals surface area contributed by atoms with Gasteiger partial charge in [0.2, 0.25) is 15.9 Å². The van der Waals surface area contributed by atoms with Crippen molar-refractivity contribution in [2.24, 2.45) is 5.14 Å². The van der Waals surface area contributed by atoms with Crippen LogP contribution in [0.4, 0.5) is 5.69 Å². The van der Waals surface area contributed by atoms with Crippen molar-refractivity contribution < 1.29 is 12.8 Å². The van der Waals surface area contributed by atoms with Gasteiger partial charge in [-0.1, -0.05) is 18.2 Å². The number of primary sulfonamides is 1. The molecule has 0 bridgehead atoms. The maximum atomic E-state index is 11.1. The highest BCUT2D eigenvalue weighted by Crippen LogP contribution is 2.31. The van der Waals surface area contributed by atoms with Crippen LogP contribution in [0, 0.1) is 0 Å². The van der Waals surface area contributed by atoms with Gasteiger partial charge in [0.1, 0.15) is 0 Å². The first-order valence-corrected chi connectivity index (χ1v) is 10.9. The van der Waals surface area contributed by atoms with Gasteiger partial charge in [0.05, 0.1) is 11.4 Å². The molecule has 6 nitrogen and oxygen atoms in total. The lowest BCUT2D eigenvalue weighted by molar-refractivity contribution is 0.586. The lowest BCUT2D eigenvalue weighted by atomic mass is 10.1. The number of aryl methyl sites for hydroxylation is 1. The Bertz CT molecular complexity index is 1010. The van der Waals surface area contributed by atoms with Crippen LogP contribution in [0.1, 0.15) is 18.5 Å². The minimum absolute atomic E-state index is 0.0245. The second-order valence-corrected chi connectivity index (χ2v) is 8.66. The third-order valence-corrected chi connectivity index (χ3v) is 5.31. The summed E-state index contributed by atoms with van der Waals surface area (Å²) in [6, 6.07) is 17.8. The Hall–Kier alpha value is -2.64. The number of oxazole rings is 1. The first kappa shape index (κ1) is 20.1. The highest BCUT2D eigenvalue weighted by atomic mass is 32.2. The van der Waals surface area contributed by atoms with Crippen molar-refractivity contribution in [1.82, 2.24) is 4.98 Å². The van der Waals surface area contributed by atoms with Crippen LogP contribution in [0.15, 0.2) is 59.0 Å². The molecule has 0 aliphatic carbocycles. The summed E-state index contributed by atoms with van der Waals surface area (Å²) >= 11 is 0. The normalized spacial score (nSPS) is 11.5.